The second-order valence-corrected chi connectivity index (χ2v) is 8.50. The van der Waals surface area contributed by atoms with Crippen molar-refractivity contribution in [2.75, 3.05) is 4.90 Å². The van der Waals surface area contributed by atoms with E-state index in [4.69, 9.17) is 10.00 Å². The van der Waals surface area contributed by atoms with E-state index in [1.54, 1.807) is 17.0 Å². The molecular weight excluding hydrogens is 348 g/mol. The maximum Gasteiger partial charge on any atom is 0.414 e. The van der Waals surface area contributed by atoms with Crippen molar-refractivity contribution >= 4 is 11.8 Å². The predicted molar refractivity (Wildman–Crippen MR) is 109 cm³/mol. The lowest BCUT2D eigenvalue weighted by Gasteiger charge is -2.48. The Balaban J connectivity index is 1.53. The van der Waals surface area contributed by atoms with Crippen LogP contribution in [-0.2, 0) is 11.3 Å². The molecule has 5 rings (SSSR count). The van der Waals surface area contributed by atoms with Gasteiger partial charge in [0.15, 0.2) is 0 Å². The largest absolute Gasteiger partial charge is 0.446 e. The molecule has 1 unspecified atom stereocenters. The van der Waals surface area contributed by atoms with Gasteiger partial charge in [-0.3, -0.25) is 4.90 Å². The first-order chi connectivity index (χ1) is 13.6. The predicted octanol–water partition coefficient (Wildman–Crippen LogP) is 5.67. The van der Waals surface area contributed by atoms with Gasteiger partial charge in [0.2, 0.25) is 0 Å². The molecule has 0 N–H and O–H groups in total. The summed E-state index contributed by atoms with van der Waals surface area (Å²) in [6, 6.07) is 19.1. The topological polar surface area (TPSA) is 53.3 Å². The lowest BCUT2D eigenvalue weighted by atomic mass is 9.60. The minimum absolute atomic E-state index is 0.0205. The number of carbonyl (C=O) groups excluding carboxylic acids is 1. The smallest absolute Gasteiger partial charge is 0.414 e. The van der Waals surface area contributed by atoms with Gasteiger partial charge in [0.05, 0.1) is 18.2 Å². The van der Waals surface area contributed by atoms with Crippen LogP contribution in [0, 0.1) is 22.7 Å². The molecule has 0 saturated heterocycles. The molecule has 1 atom stereocenters. The number of para-hydroxylation sites is 1. The third kappa shape index (κ3) is 3.89. The molecule has 28 heavy (non-hydrogen) atoms. The molecule has 3 aliphatic rings. The van der Waals surface area contributed by atoms with E-state index in [-0.39, 0.29) is 12.2 Å². The summed E-state index contributed by atoms with van der Waals surface area (Å²) in [7, 11) is 0. The van der Waals surface area contributed by atoms with Gasteiger partial charge in [-0.2, -0.15) is 5.26 Å². The number of fused-ring (bicyclic) bond motifs is 3. The highest BCUT2D eigenvalue weighted by atomic mass is 16.6. The molecule has 0 heterocycles. The van der Waals surface area contributed by atoms with Crippen molar-refractivity contribution in [1.82, 2.24) is 0 Å². The fourth-order valence-corrected chi connectivity index (χ4v) is 4.63. The SMILES string of the molecule is CC12CCC(CC1)C(OC(=O)N(Cc1ccc(C#N)cc1)c1ccccc1)C2. The summed E-state index contributed by atoms with van der Waals surface area (Å²) in [5.74, 6) is 0.498. The van der Waals surface area contributed by atoms with Crippen LogP contribution in [-0.4, -0.2) is 12.2 Å². The van der Waals surface area contributed by atoms with Crippen LogP contribution in [0.25, 0.3) is 0 Å². The second kappa shape index (κ2) is 7.67. The third-order valence-electron chi connectivity index (χ3n) is 6.42. The summed E-state index contributed by atoms with van der Waals surface area (Å²) in [5.41, 5.74) is 2.73. The van der Waals surface area contributed by atoms with Crippen molar-refractivity contribution < 1.29 is 9.53 Å². The molecule has 4 nitrogen and oxygen atoms in total. The van der Waals surface area contributed by atoms with Crippen LogP contribution < -0.4 is 4.90 Å². The number of benzene rings is 2. The fourth-order valence-electron chi connectivity index (χ4n) is 4.63. The van der Waals surface area contributed by atoms with Crippen molar-refractivity contribution in [3.05, 3.63) is 65.7 Å². The second-order valence-electron chi connectivity index (χ2n) is 8.50. The van der Waals surface area contributed by atoms with E-state index >= 15 is 0 Å². The number of rotatable bonds is 4. The highest BCUT2D eigenvalue weighted by Gasteiger charge is 2.45. The summed E-state index contributed by atoms with van der Waals surface area (Å²) in [6.07, 6.45) is 5.54. The van der Waals surface area contributed by atoms with Crippen molar-refractivity contribution in [2.45, 2.75) is 51.7 Å². The molecule has 4 heteroatoms. The minimum Gasteiger partial charge on any atom is -0.446 e. The van der Waals surface area contributed by atoms with Crippen LogP contribution in [0.5, 0.6) is 0 Å². The minimum atomic E-state index is -0.281. The highest BCUT2D eigenvalue weighted by molar-refractivity contribution is 5.87. The summed E-state index contributed by atoms with van der Waals surface area (Å²) in [5, 5.41) is 9.00. The molecule has 2 bridgehead atoms. The first kappa shape index (κ1) is 18.6. The Morgan fingerprint density at radius 1 is 1.14 bits per heavy atom. The number of hydrogen-bond donors (Lipinski definition) is 0. The number of anilines is 1. The quantitative estimate of drug-likeness (QED) is 0.693. The number of carbonyl (C=O) groups is 1. The summed E-state index contributed by atoms with van der Waals surface area (Å²) in [4.78, 5) is 14.9. The van der Waals surface area contributed by atoms with Crippen LogP contribution in [0.2, 0.25) is 0 Å². The lowest BCUT2D eigenvalue weighted by molar-refractivity contribution is -0.0485. The van der Waals surface area contributed by atoms with E-state index in [2.05, 4.69) is 13.0 Å². The molecular formula is C24H26N2O2. The van der Waals surface area contributed by atoms with E-state index in [0.717, 1.165) is 30.5 Å². The molecule has 144 valence electrons. The molecule has 3 fully saturated rings. The molecule has 3 saturated carbocycles. The van der Waals surface area contributed by atoms with Gasteiger partial charge in [-0.05, 0) is 73.3 Å². The van der Waals surface area contributed by atoms with Crippen LogP contribution in [0.4, 0.5) is 10.5 Å². The number of nitrogens with zero attached hydrogens (tertiary/aromatic N) is 2. The van der Waals surface area contributed by atoms with Gasteiger partial charge in [0.25, 0.3) is 0 Å². The standard InChI is InChI=1S/C24H26N2O2/c1-24-13-11-20(12-14-24)22(15-24)28-23(27)26(21-5-3-2-4-6-21)17-19-9-7-18(16-25)8-10-19/h2-10,20,22H,11-15,17H2,1H3. The molecule has 0 radical (unpaired) electrons. The third-order valence-corrected chi connectivity index (χ3v) is 6.42. The highest BCUT2D eigenvalue weighted by Crippen LogP contribution is 2.51. The Hall–Kier alpha value is -2.80. The molecule has 1 amide bonds. The monoisotopic (exact) mass is 374 g/mol. The van der Waals surface area contributed by atoms with E-state index in [1.165, 1.54) is 12.8 Å². The molecule has 0 spiro atoms. The van der Waals surface area contributed by atoms with Gasteiger partial charge in [-0.25, -0.2) is 4.79 Å². The van der Waals surface area contributed by atoms with Crippen LogP contribution in [0.15, 0.2) is 54.6 Å². The average molecular weight is 374 g/mol. The fraction of sp³-hybridized carbons (Fsp3) is 0.417. The van der Waals surface area contributed by atoms with Crippen molar-refractivity contribution in [2.24, 2.45) is 11.3 Å². The van der Waals surface area contributed by atoms with Crippen molar-refractivity contribution in [3.8, 4) is 6.07 Å². The Labute approximate surface area is 166 Å². The lowest BCUT2D eigenvalue weighted by Crippen LogP contribution is -2.45. The maximum absolute atomic E-state index is 13.2. The molecule has 3 aliphatic carbocycles. The first-order valence-corrected chi connectivity index (χ1v) is 10.1. The van der Waals surface area contributed by atoms with E-state index in [0.29, 0.717) is 23.4 Å². The van der Waals surface area contributed by atoms with E-state index < -0.39 is 0 Å². The Kier molecular flexibility index (Phi) is 5.09. The Bertz CT molecular complexity index is 862. The van der Waals surface area contributed by atoms with Crippen molar-refractivity contribution in [3.63, 3.8) is 0 Å². The van der Waals surface area contributed by atoms with Crippen LogP contribution in [0.1, 0.15) is 50.2 Å². The molecule has 0 aromatic heterocycles. The maximum atomic E-state index is 13.2. The van der Waals surface area contributed by atoms with E-state index in [1.807, 2.05) is 42.5 Å². The molecule has 2 aromatic carbocycles. The molecule has 2 aromatic rings. The van der Waals surface area contributed by atoms with Crippen LogP contribution >= 0.6 is 0 Å². The zero-order chi connectivity index (χ0) is 19.6. The van der Waals surface area contributed by atoms with Gasteiger partial charge in [0, 0.05) is 5.69 Å². The van der Waals surface area contributed by atoms with Crippen molar-refractivity contribution in [1.29, 1.82) is 5.26 Å². The summed E-state index contributed by atoms with van der Waals surface area (Å²) >= 11 is 0. The van der Waals surface area contributed by atoms with Gasteiger partial charge in [-0.1, -0.05) is 37.3 Å². The number of ether oxygens (including phenoxy) is 1. The summed E-state index contributed by atoms with van der Waals surface area (Å²) in [6.45, 7) is 2.75. The number of nitriles is 1. The number of amides is 1. The van der Waals surface area contributed by atoms with Gasteiger partial charge < -0.3 is 4.74 Å². The van der Waals surface area contributed by atoms with E-state index in [9.17, 15) is 4.79 Å². The van der Waals surface area contributed by atoms with Gasteiger partial charge in [0.1, 0.15) is 6.10 Å². The Morgan fingerprint density at radius 3 is 2.43 bits per heavy atom. The van der Waals surface area contributed by atoms with Gasteiger partial charge in [-0.15, -0.1) is 0 Å². The zero-order valence-electron chi connectivity index (χ0n) is 16.3. The normalized spacial score (nSPS) is 25.7. The van der Waals surface area contributed by atoms with Gasteiger partial charge >= 0.3 is 6.09 Å². The summed E-state index contributed by atoms with van der Waals surface area (Å²) < 4.78 is 6.06. The average Bonchev–Trinajstić information content (AvgIpc) is 2.73. The Morgan fingerprint density at radius 2 is 1.82 bits per heavy atom. The van der Waals surface area contributed by atoms with Crippen LogP contribution in [0.3, 0.4) is 0 Å². The zero-order valence-corrected chi connectivity index (χ0v) is 16.3. The number of hydrogen-bond acceptors (Lipinski definition) is 3. The first-order valence-electron chi connectivity index (χ1n) is 10.1. The molecule has 0 aliphatic heterocycles.